The molecule has 3 aromatic rings. The lowest BCUT2D eigenvalue weighted by molar-refractivity contribution is 0.112. The summed E-state index contributed by atoms with van der Waals surface area (Å²) in [6, 6.07) is 11.7. The molecule has 3 rings (SSSR count). The number of hydrogen-bond donors (Lipinski definition) is 0. The molecule has 0 unspecified atom stereocenters. The third-order valence-electron chi connectivity index (χ3n) is 3.39. The zero-order valence-corrected chi connectivity index (χ0v) is 11.9. The Bertz CT molecular complexity index is 791. The Labute approximate surface area is 123 Å². The molecule has 0 saturated heterocycles. The van der Waals surface area contributed by atoms with Gasteiger partial charge in [-0.1, -0.05) is 18.2 Å². The van der Waals surface area contributed by atoms with Gasteiger partial charge in [0.25, 0.3) is 0 Å². The summed E-state index contributed by atoms with van der Waals surface area (Å²) in [6.45, 7) is 4.06. The fraction of sp³-hybridized carbons (Fsp3) is 0.118. The van der Waals surface area contributed by atoms with E-state index in [9.17, 15) is 4.79 Å². The number of aldehydes is 1. The van der Waals surface area contributed by atoms with Gasteiger partial charge in [-0.3, -0.25) is 9.78 Å². The number of hydrogen-bond acceptors (Lipinski definition) is 3. The molecule has 0 fully saturated rings. The highest BCUT2D eigenvalue weighted by molar-refractivity contribution is 5.84. The molecule has 0 aliphatic rings. The number of benzene rings is 1. The van der Waals surface area contributed by atoms with Crippen LogP contribution in [-0.2, 0) is 0 Å². The number of aromatic nitrogens is 3. The van der Waals surface area contributed by atoms with E-state index in [1.807, 2.05) is 38.1 Å². The number of aryl methyl sites for hydroxylation is 2. The van der Waals surface area contributed by atoms with Crippen molar-refractivity contribution in [1.29, 1.82) is 0 Å². The van der Waals surface area contributed by atoms with E-state index in [-0.39, 0.29) is 0 Å². The lowest BCUT2D eigenvalue weighted by Crippen LogP contribution is -1.98. The van der Waals surface area contributed by atoms with Crippen molar-refractivity contribution in [2.24, 2.45) is 0 Å². The standard InChI is InChI=1S/C17H15N3O/c1-12-6-7-13(2)16(9-12)20-10-14(11-21)17(19-20)15-5-3-4-8-18-15/h3-11H,1-2H3. The van der Waals surface area contributed by atoms with Crippen LogP contribution in [0.5, 0.6) is 0 Å². The summed E-state index contributed by atoms with van der Waals surface area (Å²) < 4.78 is 1.75. The number of carbonyl (C=O) groups excluding carboxylic acids is 1. The molecule has 2 aromatic heterocycles. The summed E-state index contributed by atoms with van der Waals surface area (Å²) in [5.41, 5.74) is 5.07. The van der Waals surface area contributed by atoms with Crippen LogP contribution in [0.4, 0.5) is 0 Å². The van der Waals surface area contributed by atoms with Crippen LogP contribution < -0.4 is 0 Å². The second-order valence-electron chi connectivity index (χ2n) is 5.00. The first-order chi connectivity index (χ1) is 10.2. The third-order valence-corrected chi connectivity index (χ3v) is 3.39. The van der Waals surface area contributed by atoms with Crippen molar-refractivity contribution < 1.29 is 4.79 Å². The molecular weight excluding hydrogens is 262 g/mol. The number of rotatable bonds is 3. The van der Waals surface area contributed by atoms with Gasteiger partial charge in [-0.25, -0.2) is 4.68 Å². The molecule has 0 spiro atoms. The normalized spacial score (nSPS) is 10.6. The zero-order chi connectivity index (χ0) is 14.8. The molecule has 0 aliphatic carbocycles. The lowest BCUT2D eigenvalue weighted by Gasteiger charge is -2.06. The van der Waals surface area contributed by atoms with Crippen molar-refractivity contribution in [2.45, 2.75) is 13.8 Å². The Morgan fingerprint density at radius 2 is 2.00 bits per heavy atom. The topological polar surface area (TPSA) is 47.8 Å². The number of carbonyl (C=O) groups is 1. The zero-order valence-electron chi connectivity index (χ0n) is 11.9. The van der Waals surface area contributed by atoms with Crippen molar-refractivity contribution in [2.75, 3.05) is 0 Å². The van der Waals surface area contributed by atoms with Crippen LogP contribution in [-0.4, -0.2) is 21.1 Å². The summed E-state index contributed by atoms with van der Waals surface area (Å²) in [5, 5.41) is 4.55. The minimum absolute atomic E-state index is 0.537. The van der Waals surface area contributed by atoms with Crippen LogP contribution in [0.3, 0.4) is 0 Å². The van der Waals surface area contributed by atoms with Crippen LogP contribution in [0.2, 0.25) is 0 Å². The SMILES string of the molecule is Cc1ccc(C)c(-n2cc(C=O)c(-c3ccccn3)n2)c1. The Hall–Kier alpha value is -2.75. The number of nitrogens with zero attached hydrogens (tertiary/aromatic N) is 3. The van der Waals surface area contributed by atoms with Crippen LogP contribution >= 0.6 is 0 Å². The first-order valence-electron chi connectivity index (χ1n) is 6.73. The first-order valence-corrected chi connectivity index (χ1v) is 6.73. The average molecular weight is 277 g/mol. The molecule has 0 N–H and O–H groups in total. The Balaban J connectivity index is 2.16. The van der Waals surface area contributed by atoms with E-state index >= 15 is 0 Å². The average Bonchev–Trinajstić information content (AvgIpc) is 2.94. The van der Waals surface area contributed by atoms with Gasteiger partial charge in [0.05, 0.1) is 16.9 Å². The van der Waals surface area contributed by atoms with Gasteiger partial charge in [-0.05, 0) is 43.2 Å². The van der Waals surface area contributed by atoms with Gasteiger partial charge < -0.3 is 0 Å². The Morgan fingerprint density at radius 3 is 2.71 bits per heavy atom. The molecule has 0 bridgehead atoms. The van der Waals surface area contributed by atoms with E-state index in [1.54, 1.807) is 17.1 Å². The Kier molecular flexibility index (Phi) is 3.36. The van der Waals surface area contributed by atoms with Gasteiger partial charge in [-0.15, -0.1) is 0 Å². The second-order valence-corrected chi connectivity index (χ2v) is 5.00. The van der Waals surface area contributed by atoms with Gasteiger partial charge in [0.1, 0.15) is 5.69 Å². The largest absolute Gasteiger partial charge is 0.298 e. The maximum absolute atomic E-state index is 11.3. The molecule has 104 valence electrons. The summed E-state index contributed by atoms with van der Waals surface area (Å²) >= 11 is 0. The Morgan fingerprint density at radius 1 is 1.14 bits per heavy atom. The van der Waals surface area contributed by atoms with E-state index in [0.29, 0.717) is 17.0 Å². The molecule has 4 nitrogen and oxygen atoms in total. The van der Waals surface area contributed by atoms with Gasteiger partial charge in [0.2, 0.25) is 0 Å². The van der Waals surface area contributed by atoms with Crippen molar-refractivity contribution >= 4 is 6.29 Å². The second kappa shape index (κ2) is 5.32. The summed E-state index contributed by atoms with van der Waals surface area (Å²) in [6.07, 6.45) is 4.26. The van der Waals surface area contributed by atoms with E-state index in [2.05, 4.69) is 22.2 Å². The minimum atomic E-state index is 0.537. The summed E-state index contributed by atoms with van der Waals surface area (Å²) in [5.74, 6) is 0. The third kappa shape index (κ3) is 2.48. The van der Waals surface area contributed by atoms with Gasteiger partial charge >= 0.3 is 0 Å². The molecule has 0 amide bonds. The van der Waals surface area contributed by atoms with Crippen molar-refractivity contribution in [3.63, 3.8) is 0 Å². The molecule has 21 heavy (non-hydrogen) atoms. The molecule has 0 radical (unpaired) electrons. The maximum Gasteiger partial charge on any atom is 0.153 e. The molecular formula is C17H15N3O. The predicted molar refractivity (Wildman–Crippen MR) is 81.7 cm³/mol. The smallest absolute Gasteiger partial charge is 0.153 e. The minimum Gasteiger partial charge on any atom is -0.298 e. The van der Waals surface area contributed by atoms with Crippen LogP contribution in [0.15, 0.2) is 48.8 Å². The highest BCUT2D eigenvalue weighted by Gasteiger charge is 2.13. The summed E-state index contributed by atoms with van der Waals surface area (Å²) in [7, 11) is 0. The molecule has 4 heteroatoms. The van der Waals surface area contributed by atoms with Crippen molar-refractivity contribution in [1.82, 2.24) is 14.8 Å². The molecule has 1 aromatic carbocycles. The summed E-state index contributed by atoms with van der Waals surface area (Å²) in [4.78, 5) is 15.6. The van der Waals surface area contributed by atoms with E-state index in [4.69, 9.17) is 0 Å². The quantitative estimate of drug-likeness (QED) is 0.690. The van der Waals surface area contributed by atoms with Gasteiger partial charge in [0.15, 0.2) is 6.29 Å². The highest BCUT2D eigenvalue weighted by Crippen LogP contribution is 2.22. The van der Waals surface area contributed by atoms with Crippen molar-refractivity contribution in [3.8, 4) is 17.1 Å². The van der Waals surface area contributed by atoms with Crippen molar-refractivity contribution in [3.05, 3.63) is 65.5 Å². The predicted octanol–water partition coefficient (Wildman–Crippen LogP) is 3.36. The molecule has 0 aliphatic heterocycles. The molecule has 0 atom stereocenters. The van der Waals surface area contributed by atoms with Crippen LogP contribution in [0.25, 0.3) is 17.1 Å². The molecule has 0 saturated carbocycles. The van der Waals surface area contributed by atoms with E-state index in [0.717, 1.165) is 23.1 Å². The first kappa shape index (κ1) is 13.2. The maximum atomic E-state index is 11.3. The monoisotopic (exact) mass is 277 g/mol. The fourth-order valence-corrected chi connectivity index (χ4v) is 2.27. The number of pyridine rings is 1. The highest BCUT2D eigenvalue weighted by atomic mass is 16.1. The van der Waals surface area contributed by atoms with E-state index in [1.165, 1.54) is 0 Å². The van der Waals surface area contributed by atoms with Crippen LogP contribution in [0.1, 0.15) is 21.5 Å². The lowest BCUT2D eigenvalue weighted by atomic mass is 10.1. The van der Waals surface area contributed by atoms with E-state index < -0.39 is 0 Å². The van der Waals surface area contributed by atoms with Gasteiger partial charge in [0, 0.05) is 12.4 Å². The molecule has 2 heterocycles. The fourth-order valence-electron chi connectivity index (χ4n) is 2.27. The van der Waals surface area contributed by atoms with Crippen LogP contribution in [0, 0.1) is 13.8 Å². The van der Waals surface area contributed by atoms with Gasteiger partial charge in [-0.2, -0.15) is 5.10 Å².